The molecule has 2 aromatic rings. The Balaban J connectivity index is 1.49. The van der Waals surface area contributed by atoms with Gasteiger partial charge >= 0.3 is 0 Å². The Kier molecular flexibility index (Phi) is 4.21. The van der Waals surface area contributed by atoms with E-state index in [4.69, 9.17) is 0 Å². The third kappa shape index (κ3) is 2.60. The van der Waals surface area contributed by atoms with Crippen molar-refractivity contribution in [1.29, 1.82) is 0 Å². The summed E-state index contributed by atoms with van der Waals surface area (Å²) in [5.74, 6) is 0.168. The second-order valence-electron chi connectivity index (χ2n) is 8.68. The zero-order valence-electron chi connectivity index (χ0n) is 16.5. The third-order valence-electron chi connectivity index (χ3n) is 7.30. The monoisotopic (exact) mass is 375 g/mol. The molecule has 2 atom stereocenters. The van der Waals surface area contributed by atoms with Gasteiger partial charge in [-0.1, -0.05) is 39.0 Å². The second kappa shape index (κ2) is 6.36. The number of anilines is 1. The predicted octanol–water partition coefficient (Wildman–Crippen LogP) is 5.83. The van der Waals surface area contributed by atoms with Gasteiger partial charge in [0.2, 0.25) is 5.91 Å². The largest absolute Gasteiger partial charge is 0.326 e. The minimum atomic E-state index is -0.621. The normalized spacial score (nSPS) is 28.0. The quantitative estimate of drug-likeness (QED) is 0.683. The molecular weight excluding hydrogens is 350 g/mol. The van der Waals surface area contributed by atoms with Gasteiger partial charge in [0.1, 0.15) is 5.78 Å². The molecule has 28 heavy (non-hydrogen) atoms. The number of hydrogen-bond acceptors (Lipinski definition) is 4. The van der Waals surface area contributed by atoms with Gasteiger partial charge in [-0.15, -0.1) is 0 Å². The van der Waals surface area contributed by atoms with Crippen LogP contribution in [0.15, 0.2) is 64.8 Å². The first-order valence-corrected chi connectivity index (χ1v) is 9.70. The lowest BCUT2D eigenvalue weighted by Gasteiger charge is -2.38. The molecule has 2 fully saturated rings. The second-order valence-corrected chi connectivity index (χ2v) is 8.68. The molecule has 144 valence electrons. The predicted molar refractivity (Wildman–Crippen MR) is 109 cm³/mol. The highest BCUT2D eigenvalue weighted by Gasteiger charge is 2.72. The number of azo groups is 1. The van der Waals surface area contributed by atoms with E-state index in [1.165, 1.54) is 0 Å². The fourth-order valence-electron chi connectivity index (χ4n) is 4.83. The van der Waals surface area contributed by atoms with Crippen molar-refractivity contribution in [2.45, 2.75) is 40.0 Å². The number of carbonyl (C=O) groups is 2. The summed E-state index contributed by atoms with van der Waals surface area (Å²) in [7, 11) is 0. The Bertz CT molecular complexity index is 950. The number of carbonyl (C=O) groups excluding carboxylic acids is 2. The van der Waals surface area contributed by atoms with Gasteiger partial charge in [0.15, 0.2) is 0 Å². The molecule has 0 radical (unpaired) electrons. The molecule has 0 spiro atoms. The van der Waals surface area contributed by atoms with E-state index in [1.54, 1.807) is 0 Å². The Morgan fingerprint density at radius 1 is 0.893 bits per heavy atom. The summed E-state index contributed by atoms with van der Waals surface area (Å²) in [5, 5.41) is 11.4. The van der Waals surface area contributed by atoms with Gasteiger partial charge in [-0.3, -0.25) is 9.59 Å². The van der Waals surface area contributed by atoms with Gasteiger partial charge in [0.05, 0.1) is 16.8 Å². The van der Waals surface area contributed by atoms with Crippen LogP contribution in [-0.4, -0.2) is 11.7 Å². The van der Waals surface area contributed by atoms with Crippen LogP contribution in [0.2, 0.25) is 0 Å². The van der Waals surface area contributed by atoms with E-state index in [9.17, 15) is 9.59 Å². The number of rotatable bonds is 4. The number of nitrogens with zero attached hydrogens (tertiary/aromatic N) is 2. The number of amides is 1. The van der Waals surface area contributed by atoms with E-state index in [1.807, 2.05) is 61.5 Å². The van der Waals surface area contributed by atoms with E-state index in [0.29, 0.717) is 17.8 Å². The molecule has 0 aromatic heterocycles. The zero-order valence-corrected chi connectivity index (χ0v) is 16.5. The van der Waals surface area contributed by atoms with Crippen LogP contribution in [0.4, 0.5) is 17.1 Å². The Morgan fingerprint density at radius 2 is 1.50 bits per heavy atom. The summed E-state index contributed by atoms with van der Waals surface area (Å²) in [6.07, 6.45) is 1.88. The van der Waals surface area contributed by atoms with Gasteiger partial charge in [-0.05, 0) is 54.7 Å². The minimum absolute atomic E-state index is 0.0502. The Labute approximate surface area is 165 Å². The summed E-state index contributed by atoms with van der Waals surface area (Å²) in [6, 6.07) is 16.8. The van der Waals surface area contributed by atoms with Crippen molar-refractivity contribution >= 4 is 28.8 Å². The van der Waals surface area contributed by atoms with Crippen LogP contribution in [-0.2, 0) is 9.59 Å². The average Bonchev–Trinajstić information content (AvgIpc) is 2.99. The molecule has 1 amide bonds. The molecule has 0 aliphatic heterocycles. The molecule has 4 rings (SSSR count). The summed E-state index contributed by atoms with van der Waals surface area (Å²) < 4.78 is 0. The molecule has 2 bridgehead atoms. The van der Waals surface area contributed by atoms with E-state index in [-0.39, 0.29) is 17.1 Å². The van der Waals surface area contributed by atoms with Gasteiger partial charge in [0, 0.05) is 17.5 Å². The molecule has 0 saturated heterocycles. The first-order chi connectivity index (χ1) is 13.3. The highest BCUT2D eigenvalue weighted by atomic mass is 16.2. The van der Waals surface area contributed by atoms with Crippen molar-refractivity contribution in [2.24, 2.45) is 26.5 Å². The molecule has 2 aliphatic rings. The number of benzene rings is 2. The van der Waals surface area contributed by atoms with Crippen LogP contribution < -0.4 is 5.32 Å². The van der Waals surface area contributed by atoms with Crippen molar-refractivity contribution < 1.29 is 9.59 Å². The van der Waals surface area contributed by atoms with E-state index >= 15 is 0 Å². The maximum Gasteiger partial charge on any atom is 0.231 e. The lowest BCUT2D eigenvalue weighted by atomic mass is 9.64. The molecule has 2 saturated carbocycles. The van der Waals surface area contributed by atoms with Crippen LogP contribution in [0.5, 0.6) is 0 Å². The lowest BCUT2D eigenvalue weighted by molar-refractivity contribution is -0.131. The molecule has 5 heteroatoms. The topological polar surface area (TPSA) is 70.9 Å². The molecule has 5 nitrogen and oxygen atoms in total. The SMILES string of the molecule is CC1(C)[C@]2(C(=O)Nc3ccc(N=Nc4ccccc4)cc3)CC[C@]1(C)C(=O)C2. The van der Waals surface area contributed by atoms with Crippen molar-refractivity contribution in [2.75, 3.05) is 5.32 Å². The maximum absolute atomic E-state index is 13.2. The van der Waals surface area contributed by atoms with Gasteiger partial charge in [-0.2, -0.15) is 10.2 Å². The van der Waals surface area contributed by atoms with Crippen molar-refractivity contribution in [3.8, 4) is 0 Å². The lowest BCUT2D eigenvalue weighted by Crippen LogP contribution is -2.43. The minimum Gasteiger partial charge on any atom is -0.326 e. The van der Waals surface area contributed by atoms with Gasteiger partial charge < -0.3 is 5.32 Å². The highest BCUT2D eigenvalue weighted by Crippen LogP contribution is 2.70. The molecule has 2 aliphatic carbocycles. The number of fused-ring (bicyclic) bond motifs is 2. The smallest absolute Gasteiger partial charge is 0.231 e. The third-order valence-corrected chi connectivity index (χ3v) is 7.30. The Morgan fingerprint density at radius 3 is 2.04 bits per heavy atom. The number of Topliss-reactive ketones (excluding diaryl/α,β-unsaturated/α-hetero) is 1. The summed E-state index contributed by atoms with van der Waals surface area (Å²) in [6.45, 7) is 6.15. The van der Waals surface area contributed by atoms with Crippen LogP contribution in [0, 0.1) is 16.2 Å². The van der Waals surface area contributed by atoms with Crippen LogP contribution in [0.25, 0.3) is 0 Å². The summed E-state index contributed by atoms with van der Waals surface area (Å²) >= 11 is 0. The molecule has 0 heterocycles. The van der Waals surface area contributed by atoms with Crippen molar-refractivity contribution in [3.05, 3.63) is 54.6 Å². The van der Waals surface area contributed by atoms with E-state index in [2.05, 4.69) is 29.4 Å². The molecular formula is C23H25N3O2. The first-order valence-electron chi connectivity index (χ1n) is 9.70. The van der Waals surface area contributed by atoms with Crippen LogP contribution in [0.3, 0.4) is 0 Å². The van der Waals surface area contributed by atoms with Crippen molar-refractivity contribution in [1.82, 2.24) is 0 Å². The van der Waals surface area contributed by atoms with Crippen LogP contribution >= 0.6 is 0 Å². The highest BCUT2D eigenvalue weighted by molar-refractivity contribution is 6.04. The standard InChI is InChI=1S/C23H25N3O2/c1-21(2)22(3)13-14-23(21,15-19(22)27)20(28)24-16-9-11-18(12-10-16)26-25-17-7-5-4-6-8-17/h4-12H,13-15H2,1-3H3,(H,24,28)/t22-,23-/m1/s1. The summed E-state index contributed by atoms with van der Waals surface area (Å²) in [4.78, 5) is 25.8. The van der Waals surface area contributed by atoms with Crippen molar-refractivity contribution in [3.63, 3.8) is 0 Å². The number of hydrogen-bond donors (Lipinski definition) is 1. The Hall–Kier alpha value is -2.82. The van der Waals surface area contributed by atoms with Gasteiger partial charge in [-0.25, -0.2) is 0 Å². The molecule has 2 aromatic carbocycles. The number of nitrogens with one attached hydrogen (secondary N) is 1. The molecule has 1 N–H and O–H groups in total. The van der Waals surface area contributed by atoms with E-state index < -0.39 is 10.8 Å². The number of ketones is 1. The maximum atomic E-state index is 13.2. The molecule has 0 unspecified atom stereocenters. The average molecular weight is 375 g/mol. The van der Waals surface area contributed by atoms with E-state index in [0.717, 1.165) is 18.5 Å². The van der Waals surface area contributed by atoms with Gasteiger partial charge in [0.25, 0.3) is 0 Å². The summed E-state index contributed by atoms with van der Waals surface area (Å²) in [5.41, 5.74) is 0.852. The van der Waals surface area contributed by atoms with Crippen LogP contribution in [0.1, 0.15) is 40.0 Å². The first kappa shape index (κ1) is 18.5. The fourth-order valence-corrected chi connectivity index (χ4v) is 4.83. The zero-order chi connectivity index (χ0) is 20.0. The fraction of sp³-hybridized carbons (Fsp3) is 0.391.